The number of thiophene rings is 1. The van der Waals surface area contributed by atoms with Crippen LogP contribution in [0.1, 0.15) is 28.6 Å². The third-order valence-corrected chi connectivity index (χ3v) is 6.52. The van der Waals surface area contributed by atoms with Crippen LogP contribution in [0.25, 0.3) is 22.5 Å². The standard InChI is InChI=1S/C28H26N4O4S/c1-18(14-25(33)34)31-27(35)23(32-28(36)24-8-5-13-37-24)15-19-9-11-21(12-10-19)26-29-16-22(17-30-26)20-6-3-2-4-7-20/h2-13,16-18,23H,14-15H2,1H3,(H,31,35)(H,32,36)(H,33,34). The molecule has 2 aromatic heterocycles. The van der Waals surface area contributed by atoms with Crippen LogP contribution in [0.4, 0.5) is 0 Å². The molecule has 2 aromatic carbocycles. The van der Waals surface area contributed by atoms with Gasteiger partial charge in [-0.05, 0) is 29.5 Å². The second-order valence-corrected chi connectivity index (χ2v) is 9.52. The maximum Gasteiger partial charge on any atom is 0.305 e. The number of nitrogens with zero attached hydrogens (tertiary/aromatic N) is 2. The van der Waals surface area contributed by atoms with Crippen molar-refractivity contribution in [3.05, 3.63) is 94.9 Å². The van der Waals surface area contributed by atoms with E-state index in [9.17, 15) is 14.4 Å². The first-order valence-electron chi connectivity index (χ1n) is 11.7. The number of hydrogen-bond donors (Lipinski definition) is 3. The summed E-state index contributed by atoms with van der Waals surface area (Å²) >= 11 is 1.28. The van der Waals surface area contributed by atoms with E-state index in [1.807, 2.05) is 54.6 Å². The van der Waals surface area contributed by atoms with E-state index in [0.717, 1.165) is 22.3 Å². The number of aliphatic carboxylic acids is 1. The van der Waals surface area contributed by atoms with Gasteiger partial charge in [0.15, 0.2) is 5.82 Å². The number of aromatic nitrogens is 2. The minimum atomic E-state index is -1.01. The molecule has 2 atom stereocenters. The number of carboxylic acids is 1. The first-order valence-corrected chi connectivity index (χ1v) is 12.6. The summed E-state index contributed by atoms with van der Waals surface area (Å²) in [6, 6.07) is 19.3. The Kier molecular flexibility index (Phi) is 8.37. The van der Waals surface area contributed by atoms with Crippen LogP contribution in [0.5, 0.6) is 0 Å². The van der Waals surface area contributed by atoms with Gasteiger partial charge in [0.1, 0.15) is 6.04 Å². The van der Waals surface area contributed by atoms with Crippen molar-refractivity contribution < 1.29 is 19.5 Å². The van der Waals surface area contributed by atoms with Crippen molar-refractivity contribution in [1.29, 1.82) is 0 Å². The second-order valence-electron chi connectivity index (χ2n) is 8.57. The van der Waals surface area contributed by atoms with Crippen LogP contribution in [0.3, 0.4) is 0 Å². The molecule has 0 saturated carbocycles. The van der Waals surface area contributed by atoms with Crippen molar-refractivity contribution in [2.24, 2.45) is 0 Å². The van der Waals surface area contributed by atoms with Crippen LogP contribution < -0.4 is 10.6 Å². The van der Waals surface area contributed by atoms with Gasteiger partial charge in [-0.2, -0.15) is 0 Å². The Morgan fingerprint density at radius 3 is 2.19 bits per heavy atom. The number of amides is 2. The van der Waals surface area contributed by atoms with Gasteiger partial charge in [-0.25, -0.2) is 9.97 Å². The van der Waals surface area contributed by atoms with Gasteiger partial charge < -0.3 is 15.7 Å². The molecule has 9 heteroatoms. The van der Waals surface area contributed by atoms with Crippen LogP contribution in [0.15, 0.2) is 84.5 Å². The molecule has 0 radical (unpaired) electrons. The summed E-state index contributed by atoms with van der Waals surface area (Å²) in [5, 5.41) is 16.3. The van der Waals surface area contributed by atoms with Crippen LogP contribution in [0.2, 0.25) is 0 Å². The average molecular weight is 515 g/mol. The minimum Gasteiger partial charge on any atom is -0.481 e. The van der Waals surface area contributed by atoms with E-state index >= 15 is 0 Å². The summed E-state index contributed by atoms with van der Waals surface area (Å²) in [6.45, 7) is 1.61. The van der Waals surface area contributed by atoms with E-state index in [1.54, 1.807) is 36.8 Å². The van der Waals surface area contributed by atoms with E-state index in [-0.39, 0.29) is 18.7 Å². The molecule has 188 valence electrons. The van der Waals surface area contributed by atoms with Gasteiger partial charge in [0.25, 0.3) is 5.91 Å². The molecular formula is C28H26N4O4S. The molecule has 0 aliphatic carbocycles. The Bertz CT molecular complexity index is 1340. The van der Waals surface area contributed by atoms with Gasteiger partial charge in [-0.15, -0.1) is 11.3 Å². The van der Waals surface area contributed by atoms with Crippen LogP contribution in [-0.2, 0) is 16.0 Å². The largest absolute Gasteiger partial charge is 0.481 e. The monoisotopic (exact) mass is 514 g/mol. The summed E-state index contributed by atoms with van der Waals surface area (Å²) in [5.74, 6) is -1.23. The molecule has 4 aromatic rings. The zero-order chi connectivity index (χ0) is 26.2. The van der Waals surface area contributed by atoms with Crippen molar-refractivity contribution in [2.75, 3.05) is 0 Å². The lowest BCUT2D eigenvalue weighted by Crippen LogP contribution is -2.50. The maximum atomic E-state index is 12.9. The lowest BCUT2D eigenvalue weighted by molar-refractivity contribution is -0.137. The molecule has 3 N–H and O–H groups in total. The lowest BCUT2D eigenvalue weighted by Gasteiger charge is -2.21. The normalized spacial score (nSPS) is 12.4. The van der Waals surface area contributed by atoms with E-state index in [1.165, 1.54) is 11.3 Å². The van der Waals surface area contributed by atoms with Crippen molar-refractivity contribution in [1.82, 2.24) is 20.6 Å². The van der Waals surface area contributed by atoms with Crippen molar-refractivity contribution in [3.8, 4) is 22.5 Å². The number of benzene rings is 2. The predicted octanol–water partition coefficient (Wildman–Crippen LogP) is 4.19. The van der Waals surface area contributed by atoms with Crippen LogP contribution in [-0.4, -0.2) is 44.9 Å². The Morgan fingerprint density at radius 1 is 0.865 bits per heavy atom. The fraction of sp³-hybridized carbons (Fsp3) is 0.179. The topological polar surface area (TPSA) is 121 Å². The van der Waals surface area contributed by atoms with Crippen molar-refractivity contribution in [3.63, 3.8) is 0 Å². The number of carbonyl (C=O) groups excluding carboxylic acids is 2. The van der Waals surface area contributed by atoms with Gasteiger partial charge in [0, 0.05) is 36.0 Å². The smallest absolute Gasteiger partial charge is 0.305 e. The summed E-state index contributed by atoms with van der Waals surface area (Å²) < 4.78 is 0. The summed E-state index contributed by atoms with van der Waals surface area (Å²) in [5.41, 5.74) is 3.61. The molecule has 2 amide bonds. The minimum absolute atomic E-state index is 0.213. The van der Waals surface area contributed by atoms with Crippen LogP contribution in [0, 0.1) is 0 Å². The quantitative estimate of drug-likeness (QED) is 0.292. The maximum absolute atomic E-state index is 12.9. The third kappa shape index (κ3) is 7.08. The highest BCUT2D eigenvalue weighted by Crippen LogP contribution is 2.21. The molecule has 4 rings (SSSR count). The zero-order valence-corrected chi connectivity index (χ0v) is 20.9. The number of carboxylic acid groups (broad SMARTS) is 1. The van der Waals surface area contributed by atoms with E-state index in [4.69, 9.17) is 5.11 Å². The molecule has 0 aliphatic heterocycles. The van der Waals surface area contributed by atoms with E-state index < -0.39 is 24.0 Å². The third-order valence-electron chi connectivity index (χ3n) is 5.65. The van der Waals surface area contributed by atoms with Gasteiger partial charge in [-0.3, -0.25) is 14.4 Å². The highest BCUT2D eigenvalue weighted by molar-refractivity contribution is 7.12. The number of carbonyl (C=O) groups is 3. The van der Waals surface area contributed by atoms with Gasteiger partial charge in [0.05, 0.1) is 11.3 Å². The molecular weight excluding hydrogens is 488 g/mol. The molecule has 2 unspecified atom stereocenters. The number of nitrogens with one attached hydrogen (secondary N) is 2. The Balaban J connectivity index is 1.47. The molecule has 0 saturated heterocycles. The molecule has 2 heterocycles. The van der Waals surface area contributed by atoms with Gasteiger partial charge in [0.2, 0.25) is 5.91 Å². The van der Waals surface area contributed by atoms with Gasteiger partial charge >= 0.3 is 5.97 Å². The van der Waals surface area contributed by atoms with Crippen molar-refractivity contribution in [2.45, 2.75) is 31.8 Å². The number of hydrogen-bond acceptors (Lipinski definition) is 6. The summed E-state index contributed by atoms with van der Waals surface area (Å²) in [7, 11) is 0. The Morgan fingerprint density at radius 2 is 1.57 bits per heavy atom. The molecule has 0 spiro atoms. The first-order chi connectivity index (χ1) is 17.9. The SMILES string of the molecule is CC(CC(=O)O)NC(=O)C(Cc1ccc(-c2ncc(-c3ccccc3)cn2)cc1)NC(=O)c1cccs1. The first kappa shape index (κ1) is 25.7. The molecule has 8 nitrogen and oxygen atoms in total. The fourth-order valence-corrected chi connectivity index (χ4v) is 4.41. The zero-order valence-electron chi connectivity index (χ0n) is 20.1. The Labute approximate surface area is 218 Å². The molecule has 0 fully saturated rings. The highest BCUT2D eigenvalue weighted by atomic mass is 32.1. The van der Waals surface area contributed by atoms with Crippen molar-refractivity contribution >= 4 is 29.1 Å². The van der Waals surface area contributed by atoms with Gasteiger partial charge in [-0.1, -0.05) is 60.7 Å². The molecule has 0 aliphatic rings. The van der Waals surface area contributed by atoms with E-state index in [0.29, 0.717) is 10.7 Å². The fourth-order valence-electron chi connectivity index (χ4n) is 3.79. The van der Waals surface area contributed by atoms with Crippen LogP contribution >= 0.6 is 11.3 Å². The lowest BCUT2D eigenvalue weighted by atomic mass is 10.0. The number of rotatable bonds is 10. The predicted molar refractivity (Wildman–Crippen MR) is 142 cm³/mol. The highest BCUT2D eigenvalue weighted by Gasteiger charge is 2.24. The average Bonchev–Trinajstić information content (AvgIpc) is 3.44. The summed E-state index contributed by atoms with van der Waals surface area (Å²) in [6.07, 6.45) is 3.58. The Hall–Kier alpha value is -4.37. The molecule has 37 heavy (non-hydrogen) atoms. The summed E-state index contributed by atoms with van der Waals surface area (Å²) in [4.78, 5) is 46.1. The molecule has 0 bridgehead atoms. The van der Waals surface area contributed by atoms with E-state index in [2.05, 4.69) is 20.6 Å². The second kappa shape index (κ2) is 12.0.